The van der Waals surface area contributed by atoms with Crippen molar-refractivity contribution in [2.45, 2.75) is 42.9 Å². The van der Waals surface area contributed by atoms with E-state index in [1.165, 1.54) is 14.2 Å². The van der Waals surface area contributed by atoms with Crippen LogP contribution in [0.3, 0.4) is 0 Å². The average Bonchev–Trinajstić information content (AvgIpc) is 3.35. The van der Waals surface area contributed by atoms with Crippen LogP contribution in [-0.4, -0.2) is 81.1 Å². The van der Waals surface area contributed by atoms with Gasteiger partial charge in [0.25, 0.3) is 0 Å². The van der Waals surface area contributed by atoms with E-state index in [-0.39, 0.29) is 6.04 Å². The standard InChI is InChI=1S/C25H32N2O6/c1-6-23-10-7-12-27-13-11-24(20(23)27)16-9-8-15(31-3)14-17(16)26(2)21(24)25(30,22(29)33-5)18(23)19(28)32-4/h7-10,14,18,20-21,30H,6,11-13H2,1-5H3/t18-,20+,21-,23-,24-,25-/m0/s1. The zero-order valence-electron chi connectivity index (χ0n) is 19.8. The lowest BCUT2D eigenvalue weighted by Gasteiger charge is -2.63. The van der Waals surface area contributed by atoms with Crippen molar-refractivity contribution in [3.8, 4) is 5.75 Å². The number of fused-ring (bicyclic) bond motifs is 1. The number of aliphatic hydroxyl groups is 1. The van der Waals surface area contributed by atoms with Crippen molar-refractivity contribution < 1.29 is 28.9 Å². The maximum atomic E-state index is 13.5. The first-order chi connectivity index (χ1) is 15.8. The molecule has 178 valence electrons. The highest BCUT2D eigenvalue weighted by Gasteiger charge is 2.80. The summed E-state index contributed by atoms with van der Waals surface area (Å²) in [5, 5.41) is 12.5. The molecule has 2 fully saturated rings. The maximum Gasteiger partial charge on any atom is 0.341 e. The van der Waals surface area contributed by atoms with Crippen LogP contribution in [0, 0.1) is 11.3 Å². The Morgan fingerprint density at radius 2 is 1.94 bits per heavy atom. The number of carbonyl (C=O) groups is 2. The van der Waals surface area contributed by atoms with E-state index in [1.807, 2.05) is 31.0 Å². The van der Waals surface area contributed by atoms with Crippen molar-refractivity contribution in [3.63, 3.8) is 0 Å². The summed E-state index contributed by atoms with van der Waals surface area (Å²) in [6.07, 6.45) is 5.42. The number of rotatable bonds is 4. The molecule has 3 aliphatic heterocycles. The summed E-state index contributed by atoms with van der Waals surface area (Å²) in [5.74, 6) is -1.83. The summed E-state index contributed by atoms with van der Waals surface area (Å²) >= 11 is 0. The van der Waals surface area contributed by atoms with Crippen LogP contribution in [0.5, 0.6) is 5.75 Å². The van der Waals surface area contributed by atoms with E-state index in [0.717, 1.165) is 30.8 Å². The lowest BCUT2D eigenvalue weighted by Crippen LogP contribution is -2.80. The third kappa shape index (κ3) is 2.38. The second-order valence-electron chi connectivity index (χ2n) is 9.73. The number of methoxy groups -OCH3 is 3. The van der Waals surface area contributed by atoms with Gasteiger partial charge in [-0.15, -0.1) is 0 Å². The molecule has 33 heavy (non-hydrogen) atoms. The molecule has 8 nitrogen and oxygen atoms in total. The molecule has 1 saturated carbocycles. The first-order valence-electron chi connectivity index (χ1n) is 11.5. The lowest BCUT2D eigenvalue weighted by molar-refractivity contribution is -0.209. The van der Waals surface area contributed by atoms with Gasteiger partial charge in [-0.2, -0.15) is 0 Å². The molecule has 1 aromatic rings. The summed E-state index contributed by atoms with van der Waals surface area (Å²) in [6.45, 7) is 3.58. The normalized spacial score (nSPS) is 38.4. The number of likely N-dealkylation sites (N-methyl/N-ethyl adjacent to an activating group) is 1. The highest BCUT2D eigenvalue weighted by molar-refractivity contribution is 5.92. The Hall–Kier alpha value is -2.58. The van der Waals surface area contributed by atoms with Gasteiger partial charge in [0.2, 0.25) is 0 Å². The third-order valence-corrected chi connectivity index (χ3v) is 8.86. The van der Waals surface area contributed by atoms with Crippen LogP contribution >= 0.6 is 0 Å². The van der Waals surface area contributed by atoms with Crippen LogP contribution < -0.4 is 9.64 Å². The van der Waals surface area contributed by atoms with Crippen LogP contribution in [0.2, 0.25) is 0 Å². The van der Waals surface area contributed by atoms with Crippen molar-refractivity contribution >= 4 is 17.6 Å². The summed E-state index contributed by atoms with van der Waals surface area (Å²) in [5.41, 5.74) is -1.53. The second-order valence-corrected chi connectivity index (χ2v) is 9.73. The van der Waals surface area contributed by atoms with Gasteiger partial charge in [0, 0.05) is 42.2 Å². The van der Waals surface area contributed by atoms with Gasteiger partial charge in [0.1, 0.15) is 11.7 Å². The molecule has 3 heterocycles. The number of hydrogen-bond donors (Lipinski definition) is 1. The summed E-state index contributed by atoms with van der Waals surface area (Å²) in [7, 11) is 6.06. The van der Waals surface area contributed by atoms with E-state index in [1.54, 1.807) is 7.11 Å². The van der Waals surface area contributed by atoms with Crippen LogP contribution in [0.1, 0.15) is 25.3 Å². The molecule has 1 N–H and O–H groups in total. The highest BCUT2D eigenvalue weighted by atomic mass is 16.5. The van der Waals surface area contributed by atoms with Gasteiger partial charge in [-0.1, -0.05) is 25.1 Å². The zero-order chi connectivity index (χ0) is 23.8. The molecule has 1 aromatic carbocycles. The van der Waals surface area contributed by atoms with Crippen molar-refractivity contribution in [1.82, 2.24) is 4.90 Å². The Labute approximate surface area is 194 Å². The molecule has 1 aliphatic carbocycles. The van der Waals surface area contributed by atoms with E-state index in [2.05, 4.69) is 23.1 Å². The van der Waals surface area contributed by atoms with Gasteiger partial charge in [0.15, 0.2) is 5.60 Å². The summed E-state index contributed by atoms with van der Waals surface area (Å²) in [4.78, 5) is 31.3. The first-order valence-corrected chi connectivity index (χ1v) is 11.5. The van der Waals surface area contributed by atoms with Crippen LogP contribution in [0.15, 0.2) is 30.4 Å². The van der Waals surface area contributed by atoms with Gasteiger partial charge < -0.3 is 24.2 Å². The van der Waals surface area contributed by atoms with E-state index in [9.17, 15) is 14.7 Å². The topological polar surface area (TPSA) is 88.5 Å². The summed E-state index contributed by atoms with van der Waals surface area (Å²) in [6, 6.07) is 5.15. The third-order valence-electron chi connectivity index (χ3n) is 8.86. The predicted octanol–water partition coefficient (Wildman–Crippen LogP) is 1.50. The minimum atomic E-state index is -2.12. The molecule has 5 rings (SSSR count). The second kappa shape index (κ2) is 7.21. The fourth-order valence-electron chi connectivity index (χ4n) is 7.89. The number of esters is 2. The number of carbonyl (C=O) groups excluding carboxylic acids is 2. The van der Waals surface area contributed by atoms with Crippen molar-refractivity contribution in [3.05, 3.63) is 35.9 Å². The molecule has 8 heteroatoms. The zero-order valence-corrected chi connectivity index (χ0v) is 19.8. The van der Waals surface area contributed by atoms with Crippen molar-refractivity contribution in [1.29, 1.82) is 0 Å². The molecule has 4 aliphatic rings. The van der Waals surface area contributed by atoms with E-state index in [0.29, 0.717) is 12.2 Å². The number of benzene rings is 1. The molecule has 0 radical (unpaired) electrons. The minimum absolute atomic E-state index is 0.0869. The van der Waals surface area contributed by atoms with Gasteiger partial charge >= 0.3 is 11.9 Å². The molecular formula is C25H32N2O6. The average molecular weight is 457 g/mol. The molecule has 1 spiro atoms. The Morgan fingerprint density at radius 1 is 1.18 bits per heavy atom. The van der Waals surface area contributed by atoms with Gasteiger partial charge in [0.05, 0.1) is 27.4 Å². The number of ether oxygens (including phenoxy) is 3. The molecule has 0 unspecified atom stereocenters. The number of nitrogens with zero attached hydrogens (tertiary/aromatic N) is 2. The SMILES string of the molecule is CC[C@]12C=CCN3CC[C@]4(c5ccc(OC)cc5N(C)[C@@H]4[C@](O)(C(=O)OC)[C@H]1C(=O)OC)[C@H]32. The minimum Gasteiger partial charge on any atom is -0.497 e. The van der Waals surface area contributed by atoms with E-state index in [4.69, 9.17) is 14.2 Å². The predicted molar refractivity (Wildman–Crippen MR) is 121 cm³/mol. The fraction of sp³-hybridized carbons (Fsp3) is 0.600. The van der Waals surface area contributed by atoms with Crippen LogP contribution in [0.4, 0.5) is 5.69 Å². The van der Waals surface area contributed by atoms with E-state index >= 15 is 0 Å². The van der Waals surface area contributed by atoms with Gasteiger partial charge in [-0.05, 0) is 31.0 Å². The quantitative estimate of drug-likeness (QED) is 0.539. The fourth-order valence-corrected chi connectivity index (χ4v) is 7.89. The van der Waals surface area contributed by atoms with Crippen molar-refractivity contribution in [2.75, 3.05) is 46.4 Å². The Kier molecular flexibility index (Phi) is 4.85. The molecule has 0 amide bonds. The molecule has 6 atom stereocenters. The largest absolute Gasteiger partial charge is 0.497 e. The first kappa shape index (κ1) is 22.2. The Bertz CT molecular complexity index is 1040. The maximum absolute atomic E-state index is 13.5. The van der Waals surface area contributed by atoms with Crippen molar-refractivity contribution in [2.24, 2.45) is 11.3 Å². The smallest absolute Gasteiger partial charge is 0.341 e. The highest BCUT2D eigenvalue weighted by Crippen LogP contribution is 2.68. The van der Waals surface area contributed by atoms with Gasteiger partial charge in [-0.25, -0.2) is 4.79 Å². The monoisotopic (exact) mass is 456 g/mol. The lowest BCUT2D eigenvalue weighted by atomic mass is 9.45. The molecular weight excluding hydrogens is 424 g/mol. The number of anilines is 1. The number of hydrogen-bond acceptors (Lipinski definition) is 8. The molecule has 0 bridgehead atoms. The van der Waals surface area contributed by atoms with Crippen LogP contribution in [0.25, 0.3) is 0 Å². The molecule has 0 aromatic heterocycles. The Balaban J connectivity index is 1.88. The van der Waals surface area contributed by atoms with Gasteiger partial charge in [-0.3, -0.25) is 9.69 Å². The Morgan fingerprint density at radius 3 is 2.58 bits per heavy atom. The summed E-state index contributed by atoms with van der Waals surface area (Å²) < 4.78 is 15.9. The van der Waals surface area contributed by atoms with E-state index < -0.39 is 40.3 Å². The van der Waals surface area contributed by atoms with Crippen LogP contribution in [-0.2, 0) is 24.5 Å². The molecule has 1 saturated heterocycles.